The van der Waals surface area contributed by atoms with Gasteiger partial charge in [0.1, 0.15) is 28.9 Å². The number of benzene rings is 4. The van der Waals surface area contributed by atoms with E-state index < -0.39 is 41.3 Å². The molecule has 5 saturated heterocycles. The average molecular weight is 1000 g/mol. The van der Waals surface area contributed by atoms with E-state index in [0.29, 0.717) is 64.3 Å². The van der Waals surface area contributed by atoms with Gasteiger partial charge in [0.2, 0.25) is 11.8 Å². The van der Waals surface area contributed by atoms with Crippen molar-refractivity contribution in [2.45, 2.75) is 82.3 Å². The Morgan fingerprint density at radius 1 is 0.811 bits per heavy atom. The molecule has 17 heteroatoms. The Bertz CT molecular complexity index is 3210. The van der Waals surface area contributed by atoms with E-state index in [0.717, 1.165) is 88.6 Å². The lowest BCUT2D eigenvalue weighted by Crippen LogP contribution is -2.54. The number of anilines is 2. The zero-order valence-corrected chi connectivity index (χ0v) is 41.3. The van der Waals surface area contributed by atoms with Crippen LogP contribution in [0.25, 0.3) is 32.8 Å². The molecule has 2 saturated carbocycles. The first kappa shape index (κ1) is 47.0. The first-order valence-corrected chi connectivity index (χ1v) is 26.4. The highest BCUT2D eigenvalue weighted by Crippen LogP contribution is 2.54. The van der Waals surface area contributed by atoms with E-state index in [-0.39, 0.29) is 64.1 Å². The number of terminal acetylenes is 1. The van der Waals surface area contributed by atoms with E-state index in [1.807, 2.05) is 6.07 Å². The van der Waals surface area contributed by atoms with Crippen molar-refractivity contribution in [3.63, 3.8) is 0 Å². The van der Waals surface area contributed by atoms with Gasteiger partial charge in [0, 0.05) is 104 Å². The van der Waals surface area contributed by atoms with Gasteiger partial charge in [-0.3, -0.25) is 34.3 Å². The molecule has 7 fully saturated rings. The van der Waals surface area contributed by atoms with E-state index in [1.165, 1.54) is 43.9 Å². The number of hydrogen-bond donors (Lipinski definition) is 3. The van der Waals surface area contributed by atoms with Gasteiger partial charge < -0.3 is 29.9 Å². The van der Waals surface area contributed by atoms with Crippen LogP contribution in [0.3, 0.4) is 0 Å². The molecule has 8 aliphatic rings. The highest BCUT2D eigenvalue weighted by atomic mass is 19.1. The second kappa shape index (κ2) is 18.0. The quantitative estimate of drug-likeness (QED) is 0.101. The van der Waals surface area contributed by atoms with Crippen LogP contribution in [0.15, 0.2) is 54.6 Å². The number of imide groups is 2. The maximum Gasteiger partial charge on any atom is 0.319 e. The molecule has 5 aromatic rings. The summed E-state index contributed by atoms with van der Waals surface area (Å²) >= 11 is 0. The number of phenols is 1. The van der Waals surface area contributed by atoms with Crippen molar-refractivity contribution >= 4 is 56.8 Å². The fourth-order valence-corrected chi connectivity index (χ4v) is 13.7. The first-order chi connectivity index (χ1) is 35.8. The van der Waals surface area contributed by atoms with E-state index in [1.54, 1.807) is 30.3 Å². The Hall–Kier alpha value is -6.74. The van der Waals surface area contributed by atoms with Crippen molar-refractivity contribution in [3.8, 4) is 35.2 Å². The van der Waals surface area contributed by atoms with E-state index in [2.05, 4.69) is 36.2 Å². The molecule has 2 aliphatic carbocycles. The minimum Gasteiger partial charge on any atom is -0.508 e. The molecule has 1 aromatic heterocycles. The molecule has 1 spiro atoms. The SMILES string of the molecule is C#Cc1cccc2cc(O)cc(-c3c(F)cc4c(N5CC6CCC(C5)N6)nc(OCC5(CN6CCC7(CC6)CC(CN6CCN(c8ccc9c(c8)C(=O)N(C8CCC(=O)NC8=O)C9=O)CC6)C7)CC5)nc4c3F)c12. The van der Waals surface area contributed by atoms with Gasteiger partial charge in [-0.1, -0.05) is 18.1 Å². The molecular formula is C57H59F2N9O6. The number of hydrogen-bond acceptors (Lipinski definition) is 13. The average Bonchev–Trinajstić information content (AvgIpc) is 4.00. The summed E-state index contributed by atoms with van der Waals surface area (Å²) in [6.45, 7) is 9.22. The van der Waals surface area contributed by atoms with Crippen molar-refractivity contribution in [3.05, 3.63) is 82.9 Å². The zero-order valence-electron chi connectivity index (χ0n) is 41.3. The first-order valence-electron chi connectivity index (χ1n) is 26.4. The highest BCUT2D eigenvalue weighted by Gasteiger charge is 2.50. The van der Waals surface area contributed by atoms with E-state index in [4.69, 9.17) is 21.1 Å². The van der Waals surface area contributed by atoms with Gasteiger partial charge in [-0.25, -0.2) is 8.78 Å². The summed E-state index contributed by atoms with van der Waals surface area (Å²) in [7, 11) is 0. The van der Waals surface area contributed by atoms with Crippen LogP contribution >= 0.6 is 0 Å². The second-order valence-corrected chi connectivity index (χ2v) is 22.7. The number of piperidine rings is 2. The lowest BCUT2D eigenvalue weighted by molar-refractivity contribution is -0.136. The number of aromatic nitrogens is 2. The molecule has 2 bridgehead atoms. The van der Waals surface area contributed by atoms with Crippen molar-refractivity contribution in [2.75, 3.05) is 81.9 Å². The Morgan fingerprint density at radius 3 is 2.30 bits per heavy atom. The molecule has 15 nitrogen and oxygen atoms in total. The summed E-state index contributed by atoms with van der Waals surface area (Å²) in [5, 5.41) is 17.9. The van der Waals surface area contributed by atoms with Gasteiger partial charge in [0.05, 0.1) is 23.3 Å². The van der Waals surface area contributed by atoms with Gasteiger partial charge in [-0.2, -0.15) is 9.97 Å². The van der Waals surface area contributed by atoms with Crippen molar-refractivity contribution in [1.29, 1.82) is 0 Å². The van der Waals surface area contributed by atoms with Gasteiger partial charge in [0.25, 0.3) is 11.8 Å². The molecule has 7 heterocycles. The molecular weight excluding hydrogens is 945 g/mol. The summed E-state index contributed by atoms with van der Waals surface area (Å²) < 4.78 is 40.3. The van der Waals surface area contributed by atoms with Crippen molar-refractivity contribution < 1.29 is 37.8 Å². The molecule has 3 N–H and O–H groups in total. The molecule has 6 aliphatic heterocycles. The minimum atomic E-state index is -0.981. The number of ether oxygens (including phenoxy) is 1. The number of rotatable bonds is 11. The zero-order chi connectivity index (χ0) is 50.6. The maximum absolute atomic E-state index is 17.2. The van der Waals surface area contributed by atoms with E-state index >= 15 is 8.78 Å². The largest absolute Gasteiger partial charge is 0.508 e. The third kappa shape index (κ3) is 8.29. The monoisotopic (exact) mass is 1000 g/mol. The number of likely N-dealkylation sites (tertiary alicyclic amines) is 1. The fraction of sp³-hybridized carbons (Fsp3) is 0.474. The number of nitrogens with zero attached hydrogens (tertiary/aromatic N) is 7. The van der Waals surface area contributed by atoms with Crippen LogP contribution in [0.2, 0.25) is 0 Å². The lowest BCUT2D eigenvalue weighted by Gasteiger charge is -2.54. The number of fused-ring (bicyclic) bond motifs is 5. The maximum atomic E-state index is 17.2. The number of amides is 4. The van der Waals surface area contributed by atoms with Crippen LogP contribution in [0, 0.1) is 40.7 Å². The summed E-state index contributed by atoms with van der Waals surface area (Å²) in [6, 6.07) is 14.4. The van der Waals surface area contributed by atoms with Gasteiger partial charge in [0.15, 0.2) is 5.82 Å². The van der Waals surface area contributed by atoms with Crippen molar-refractivity contribution in [2.24, 2.45) is 16.7 Å². The molecule has 3 unspecified atom stereocenters. The molecule has 74 heavy (non-hydrogen) atoms. The molecule has 0 radical (unpaired) electrons. The number of piperazine rings is 2. The predicted octanol–water partition coefficient (Wildman–Crippen LogP) is 6.23. The Morgan fingerprint density at radius 2 is 1.57 bits per heavy atom. The predicted molar refractivity (Wildman–Crippen MR) is 274 cm³/mol. The van der Waals surface area contributed by atoms with Crippen LogP contribution in [0.5, 0.6) is 11.8 Å². The van der Waals surface area contributed by atoms with Crippen LogP contribution in [0.1, 0.15) is 90.5 Å². The second-order valence-electron chi connectivity index (χ2n) is 22.7. The number of halogens is 2. The standard InChI is InChI=1S/C57H59F2N9O6/c1-2-34-4-3-5-35-22-39(69)24-42(47(34)35)48-44(58)25-43-50(49(48)59)62-55(63-51(43)67-29-36-6-7-37(30-67)60-36)74-32-57(12-13-57)31-65-16-14-56(15-17-65)26-33(27-56)28-64-18-20-66(21-19-64)38-8-9-40-41(23-38)54(73)68(53(40)72)45-10-11-46(70)61-52(45)71/h1,3-5,8-9,22-25,33,36-37,45,60,69H,6-7,10-21,26-32H2,(H,61,70,71). The molecule has 4 aromatic carbocycles. The third-order valence-corrected chi connectivity index (χ3v) is 17.8. The Labute approximate surface area is 427 Å². The van der Waals surface area contributed by atoms with Crippen LogP contribution < -0.4 is 25.2 Å². The van der Waals surface area contributed by atoms with Crippen LogP contribution in [-0.4, -0.2) is 144 Å². The summed E-state index contributed by atoms with van der Waals surface area (Å²) in [5.41, 5.74) is 2.09. The molecule has 3 atom stereocenters. The number of aromatic hydroxyl groups is 1. The molecule has 4 amide bonds. The number of carbonyl (C=O) groups is 4. The summed E-state index contributed by atoms with van der Waals surface area (Å²) in [5.74, 6) is 0.00475. The number of carbonyl (C=O) groups excluding carboxylic acids is 4. The number of phenolic OH excluding ortho intramolecular Hbond substituents is 1. The van der Waals surface area contributed by atoms with Gasteiger partial charge in [-0.05, 0) is 130 Å². The van der Waals surface area contributed by atoms with Crippen LogP contribution in [-0.2, 0) is 9.59 Å². The van der Waals surface area contributed by atoms with Crippen LogP contribution in [0.4, 0.5) is 20.3 Å². The van der Waals surface area contributed by atoms with E-state index in [9.17, 15) is 24.3 Å². The topological polar surface area (TPSA) is 164 Å². The van der Waals surface area contributed by atoms with Crippen molar-refractivity contribution in [1.82, 2.24) is 35.3 Å². The minimum absolute atomic E-state index is 0.0367. The summed E-state index contributed by atoms with van der Waals surface area (Å²) in [4.78, 5) is 71.0. The Balaban J connectivity index is 0.631. The highest BCUT2D eigenvalue weighted by molar-refractivity contribution is 6.23. The smallest absolute Gasteiger partial charge is 0.319 e. The lowest BCUT2D eigenvalue weighted by atomic mass is 9.57. The third-order valence-electron chi connectivity index (χ3n) is 17.8. The molecule has 382 valence electrons. The fourth-order valence-electron chi connectivity index (χ4n) is 13.7. The molecule has 13 rings (SSSR count). The van der Waals surface area contributed by atoms with Gasteiger partial charge >= 0.3 is 6.01 Å². The van der Waals surface area contributed by atoms with Gasteiger partial charge in [-0.15, -0.1) is 6.42 Å². The Kier molecular flexibility index (Phi) is 11.4. The number of nitrogens with one attached hydrogen (secondary N) is 2. The normalized spacial score (nSPS) is 24.7. The summed E-state index contributed by atoms with van der Waals surface area (Å²) in [6.07, 6.45) is 15.0.